The molecular weight excluding hydrogens is 468 g/mol. The summed E-state index contributed by atoms with van der Waals surface area (Å²) in [6.45, 7) is 3.43. The molecule has 2 aliphatic heterocycles. The van der Waals surface area contributed by atoms with Crippen molar-refractivity contribution in [2.45, 2.75) is 37.9 Å². The lowest BCUT2D eigenvalue weighted by molar-refractivity contribution is 0.0659. The van der Waals surface area contributed by atoms with Gasteiger partial charge in [0.15, 0.2) is 11.5 Å². The van der Waals surface area contributed by atoms with Crippen LogP contribution in [0.25, 0.3) is 11.3 Å². The first-order valence-corrected chi connectivity index (χ1v) is 11.9. The van der Waals surface area contributed by atoms with Gasteiger partial charge in [-0.25, -0.2) is 13.5 Å². The van der Waals surface area contributed by atoms with Crippen LogP contribution < -0.4 is 25.4 Å². The number of methoxy groups -OCH3 is 2. The average molecular weight is 498 g/mol. The Balaban J connectivity index is 1.43. The van der Waals surface area contributed by atoms with E-state index in [4.69, 9.17) is 9.47 Å². The number of carbonyl (C=O) groups excluding carboxylic acids is 1. The van der Waals surface area contributed by atoms with Crippen molar-refractivity contribution in [3.05, 3.63) is 59.2 Å². The van der Waals surface area contributed by atoms with E-state index in [1.807, 2.05) is 19.1 Å². The van der Waals surface area contributed by atoms with Crippen LogP contribution in [-0.2, 0) is 0 Å². The molecule has 5 rings (SSSR count). The number of halogens is 2. The van der Waals surface area contributed by atoms with Crippen molar-refractivity contribution in [3.8, 4) is 22.8 Å². The molecule has 190 valence electrons. The minimum atomic E-state index is -2.59. The number of aryl methyl sites for hydroxylation is 1. The molecule has 2 atom stereocenters. The Morgan fingerprint density at radius 3 is 2.53 bits per heavy atom. The van der Waals surface area contributed by atoms with E-state index in [2.05, 4.69) is 21.0 Å². The molecule has 0 bridgehead atoms. The molecule has 0 radical (unpaired) electrons. The molecule has 2 aliphatic rings. The fourth-order valence-electron chi connectivity index (χ4n) is 4.72. The number of rotatable bonds is 7. The first-order valence-electron chi connectivity index (χ1n) is 11.9. The lowest BCUT2D eigenvalue weighted by Gasteiger charge is -2.32. The van der Waals surface area contributed by atoms with Crippen molar-refractivity contribution in [2.24, 2.45) is 0 Å². The fraction of sp³-hybridized carbons (Fsp3) is 0.385. The highest BCUT2D eigenvalue weighted by atomic mass is 19.3. The standard InChI is InChI=1S/C26H29F2N5O3/c1-14-8-16(26(34)30-17-12-29-13-17)4-6-18(14)20-11-24-31-19(10-21(25(27)28)33(24)32-20)15-5-7-22(35-2)23(9-15)36-3/h4-9,11,17,19,21,25,29,31H,10,12-13H2,1-3H3,(H,30,34). The zero-order valence-electron chi connectivity index (χ0n) is 20.3. The van der Waals surface area contributed by atoms with Gasteiger partial charge in [-0.3, -0.25) is 4.79 Å². The number of nitrogens with zero attached hydrogens (tertiary/aromatic N) is 2. The quantitative estimate of drug-likeness (QED) is 0.458. The summed E-state index contributed by atoms with van der Waals surface area (Å²) in [6, 6.07) is 11.3. The Kier molecular flexibility index (Phi) is 6.53. The third-order valence-electron chi connectivity index (χ3n) is 6.83. The van der Waals surface area contributed by atoms with Gasteiger partial charge in [0.25, 0.3) is 12.3 Å². The van der Waals surface area contributed by atoms with E-state index >= 15 is 0 Å². The molecule has 1 amide bonds. The normalized spacial score (nSPS) is 19.3. The van der Waals surface area contributed by atoms with Gasteiger partial charge < -0.3 is 25.4 Å². The first kappa shape index (κ1) is 24.1. The van der Waals surface area contributed by atoms with Gasteiger partial charge in [-0.2, -0.15) is 5.10 Å². The average Bonchev–Trinajstić information content (AvgIpc) is 3.28. The zero-order valence-corrected chi connectivity index (χ0v) is 20.3. The summed E-state index contributed by atoms with van der Waals surface area (Å²) in [5.74, 6) is 1.50. The van der Waals surface area contributed by atoms with E-state index in [1.165, 1.54) is 4.68 Å². The van der Waals surface area contributed by atoms with E-state index in [-0.39, 0.29) is 24.4 Å². The third kappa shape index (κ3) is 4.48. The molecule has 0 saturated carbocycles. The summed E-state index contributed by atoms with van der Waals surface area (Å²) in [4.78, 5) is 12.5. The van der Waals surface area contributed by atoms with Gasteiger partial charge in [-0.05, 0) is 48.7 Å². The molecule has 2 aromatic carbocycles. The van der Waals surface area contributed by atoms with Crippen molar-refractivity contribution in [1.82, 2.24) is 20.4 Å². The molecule has 1 aromatic heterocycles. The smallest absolute Gasteiger partial charge is 0.260 e. The van der Waals surface area contributed by atoms with Gasteiger partial charge >= 0.3 is 0 Å². The van der Waals surface area contributed by atoms with Crippen LogP contribution in [0, 0.1) is 6.92 Å². The summed E-state index contributed by atoms with van der Waals surface area (Å²) in [7, 11) is 3.09. The van der Waals surface area contributed by atoms with E-state index in [0.29, 0.717) is 28.6 Å². The largest absolute Gasteiger partial charge is 0.493 e. The number of hydrogen-bond acceptors (Lipinski definition) is 6. The predicted octanol–water partition coefficient (Wildman–Crippen LogP) is 3.94. The van der Waals surface area contributed by atoms with Gasteiger partial charge in [0.1, 0.15) is 11.9 Å². The molecular formula is C26H29F2N5O3. The molecule has 36 heavy (non-hydrogen) atoms. The molecule has 3 heterocycles. The van der Waals surface area contributed by atoms with Crippen LogP contribution >= 0.6 is 0 Å². The van der Waals surface area contributed by atoms with E-state index in [0.717, 1.165) is 29.8 Å². The van der Waals surface area contributed by atoms with E-state index in [1.54, 1.807) is 44.6 Å². The molecule has 1 fully saturated rings. The number of benzene rings is 2. The Morgan fingerprint density at radius 2 is 1.89 bits per heavy atom. The Bertz CT molecular complexity index is 1270. The Morgan fingerprint density at radius 1 is 1.11 bits per heavy atom. The highest BCUT2D eigenvalue weighted by Crippen LogP contribution is 2.41. The Hall–Kier alpha value is -3.66. The number of fused-ring (bicyclic) bond motifs is 1. The topological polar surface area (TPSA) is 89.4 Å². The highest BCUT2D eigenvalue weighted by molar-refractivity contribution is 5.95. The number of nitrogens with one attached hydrogen (secondary N) is 3. The molecule has 10 heteroatoms. The van der Waals surface area contributed by atoms with Crippen molar-refractivity contribution in [2.75, 3.05) is 32.6 Å². The second kappa shape index (κ2) is 9.77. The number of aromatic nitrogens is 2. The number of hydrogen-bond donors (Lipinski definition) is 3. The number of amides is 1. The van der Waals surface area contributed by atoms with Crippen molar-refractivity contribution in [1.29, 1.82) is 0 Å². The maximum atomic E-state index is 14.1. The molecule has 3 aromatic rings. The van der Waals surface area contributed by atoms with Crippen LogP contribution in [0.1, 0.15) is 40.0 Å². The molecule has 8 nitrogen and oxygen atoms in total. The summed E-state index contributed by atoms with van der Waals surface area (Å²) < 4.78 is 40.4. The third-order valence-corrected chi connectivity index (χ3v) is 6.83. The SMILES string of the molecule is COc1ccc(C2CC(C(F)F)n3nc(-c4ccc(C(=O)NC5CNC5)cc4C)cc3N2)cc1OC. The van der Waals surface area contributed by atoms with Crippen LogP contribution in [0.3, 0.4) is 0 Å². The summed E-state index contributed by atoms with van der Waals surface area (Å²) in [5, 5.41) is 14.0. The van der Waals surface area contributed by atoms with Gasteiger partial charge in [-0.15, -0.1) is 0 Å². The monoisotopic (exact) mass is 497 g/mol. The van der Waals surface area contributed by atoms with Gasteiger partial charge in [0.05, 0.1) is 32.0 Å². The molecule has 1 saturated heterocycles. The second-order valence-electron chi connectivity index (χ2n) is 9.17. The number of ether oxygens (including phenoxy) is 2. The highest BCUT2D eigenvalue weighted by Gasteiger charge is 2.35. The van der Waals surface area contributed by atoms with E-state index in [9.17, 15) is 13.6 Å². The zero-order chi connectivity index (χ0) is 25.4. The lowest BCUT2D eigenvalue weighted by Crippen LogP contribution is -2.56. The number of carbonyl (C=O) groups is 1. The summed E-state index contributed by atoms with van der Waals surface area (Å²) >= 11 is 0. The van der Waals surface area contributed by atoms with Gasteiger partial charge in [0, 0.05) is 30.3 Å². The first-order chi connectivity index (χ1) is 17.4. The van der Waals surface area contributed by atoms with Crippen molar-refractivity contribution < 1.29 is 23.0 Å². The number of alkyl halides is 2. The minimum Gasteiger partial charge on any atom is -0.493 e. The summed E-state index contributed by atoms with van der Waals surface area (Å²) in [6.07, 6.45) is -2.43. The predicted molar refractivity (Wildman–Crippen MR) is 132 cm³/mol. The molecule has 0 spiro atoms. The lowest BCUT2D eigenvalue weighted by atomic mass is 9.97. The van der Waals surface area contributed by atoms with Gasteiger partial charge in [-0.1, -0.05) is 12.1 Å². The number of anilines is 1. The molecule has 3 N–H and O–H groups in total. The van der Waals surface area contributed by atoms with Gasteiger partial charge in [0.2, 0.25) is 0 Å². The Labute approximate surface area is 208 Å². The van der Waals surface area contributed by atoms with Crippen molar-refractivity contribution >= 4 is 11.7 Å². The van der Waals surface area contributed by atoms with Crippen molar-refractivity contribution in [3.63, 3.8) is 0 Å². The minimum absolute atomic E-state index is 0.127. The maximum absolute atomic E-state index is 14.1. The molecule has 2 unspecified atom stereocenters. The maximum Gasteiger partial charge on any atom is 0.260 e. The second-order valence-corrected chi connectivity index (χ2v) is 9.17. The molecule has 0 aliphatic carbocycles. The summed E-state index contributed by atoms with van der Waals surface area (Å²) in [5.41, 5.74) is 3.58. The van der Waals surface area contributed by atoms with Crippen LogP contribution in [0.15, 0.2) is 42.5 Å². The fourth-order valence-corrected chi connectivity index (χ4v) is 4.72. The van der Waals surface area contributed by atoms with Crippen LogP contribution in [0.2, 0.25) is 0 Å². The van der Waals surface area contributed by atoms with Crippen LogP contribution in [0.5, 0.6) is 11.5 Å². The van der Waals surface area contributed by atoms with E-state index < -0.39 is 12.5 Å². The van der Waals surface area contributed by atoms with Crippen LogP contribution in [0.4, 0.5) is 14.6 Å². The van der Waals surface area contributed by atoms with Crippen LogP contribution in [-0.4, -0.2) is 55.5 Å².